The molecule has 2 rings (SSSR count). The molecular formula is C12H15ClO3. The van der Waals surface area contributed by atoms with Crippen molar-refractivity contribution in [2.75, 3.05) is 20.3 Å². The number of halogens is 1. The highest BCUT2D eigenvalue weighted by atomic mass is 35.5. The molecule has 0 amide bonds. The Morgan fingerprint density at radius 2 is 1.94 bits per heavy atom. The van der Waals surface area contributed by atoms with Gasteiger partial charge in [-0.15, -0.1) is 0 Å². The first-order chi connectivity index (χ1) is 7.57. The molecule has 1 aromatic carbocycles. The van der Waals surface area contributed by atoms with E-state index in [2.05, 4.69) is 0 Å². The number of rotatable bonds is 2. The summed E-state index contributed by atoms with van der Waals surface area (Å²) in [5.41, 5.74) is 1.81. The maximum atomic E-state index is 6.12. The minimum Gasteiger partial charge on any atom is -0.496 e. The summed E-state index contributed by atoms with van der Waals surface area (Å²) >= 11 is 6.12. The quantitative estimate of drug-likeness (QED) is 0.798. The average molecular weight is 243 g/mol. The molecule has 3 nitrogen and oxygen atoms in total. The average Bonchev–Trinajstić information content (AvgIpc) is 2.69. The summed E-state index contributed by atoms with van der Waals surface area (Å²) in [5, 5.41) is 0.691. The third-order valence-corrected chi connectivity index (χ3v) is 3.22. The fourth-order valence-electron chi connectivity index (χ4n) is 1.85. The van der Waals surface area contributed by atoms with Crippen LogP contribution in [0, 0.1) is 6.92 Å². The summed E-state index contributed by atoms with van der Waals surface area (Å²) in [6, 6.07) is 3.75. The van der Waals surface area contributed by atoms with E-state index in [9.17, 15) is 0 Å². The topological polar surface area (TPSA) is 27.7 Å². The third-order valence-electron chi connectivity index (χ3n) is 2.81. The molecule has 88 valence electrons. The van der Waals surface area contributed by atoms with Gasteiger partial charge in [-0.05, 0) is 31.5 Å². The van der Waals surface area contributed by atoms with Crippen molar-refractivity contribution in [2.45, 2.75) is 19.6 Å². The molecule has 16 heavy (non-hydrogen) atoms. The Morgan fingerprint density at radius 3 is 2.50 bits per heavy atom. The van der Waals surface area contributed by atoms with E-state index in [1.807, 2.05) is 26.0 Å². The van der Waals surface area contributed by atoms with Gasteiger partial charge in [-0.1, -0.05) is 11.6 Å². The second kappa shape index (κ2) is 4.24. The molecule has 0 atom stereocenters. The van der Waals surface area contributed by atoms with Gasteiger partial charge in [0.2, 0.25) is 0 Å². The number of hydrogen-bond acceptors (Lipinski definition) is 3. The summed E-state index contributed by atoms with van der Waals surface area (Å²) in [6.45, 7) is 4.99. The number of methoxy groups -OCH3 is 1. The minimum atomic E-state index is -0.747. The number of ether oxygens (including phenoxy) is 3. The van der Waals surface area contributed by atoms with E-state index in [1.165, 1.54) is 0 Å². The Labute approximate surface area is 100 Å². The molecule has 1 aromatic rings. The highest BCUT2D eigenvalue weighted by molar-refractivity contribution is 6.31. The lowest BCUT2D eigenvalue weighted by molar-refractivity contribution is -0.150. The third kappa shape index (κ3) is 1.90. The lowest BCUT2D eigenvalue weighted by Gasteiger charge is -2.25. The molecule has 1 saturated heterocycles. The number of benzene rings is 1. The Kier molecular flexibility index (Phi) is 3.10. The predicted octanol–water partition coefficient (Wildman–Crippen LogP) is 2.88. The van der Waals surface area contributed by atoms with Gasteiger partial charge >= 0.3 is 0 Å². The van der Waals surface area contributed by atoms with Crippen LogP contribution < -0.4 is 4.74 Å². The van der Waals surface area contributed by atoms with Crippen LogP contribution in [0.3, 0.4) is 0 Å². The van der Waals surface area contributed by atoms with Crippen LogP contribution in [0.2, 0.25) is 5.02 Å². The van der Waals surface area contributed by atoms with Crippen LogP contribution in [-0.2, 0) is 15.3 Å². The molecule has 0 saturated carbocycles. The summed E-state index contributed by atoms with van der Waals surface area (Å²) in [6.07, 6.45) is 0. The molecule has 1 fully saturated rings. The van der Waals surface area contributed by atoms with Crippen molar-refractivity contribution in [3.8, 4) is 5.75 Å². The van der Waals surface area contributed by atoms with E-state index >= 15 is 0 Å². The summed E-state index contributed by atoms with van der Waals surface area (Å²) in [4.78, 5) is 0. The van der Waals surface area contributed by atoms with Crippen LogP contribution >= 0.6 is 11.6 Å². The molecule has 1 aliphatic heterocycles. The van der Waals surface area contributed by atoms with E-state index in [0.717, 1.165) is 16.9 Å². The highest BCUT2D eigenvalue weighted by Gasteiger charge is 2.36. The fraction of sp³-hybridized carbons (Fsp3) is 0.500. The van der Waals surface area contributed by atoms with Crippen LogP contribution in [0.25, 0.3) is 0 Å². The fourth-order valence-corrected chi connectivity index (χ4v) is 2.01. The van der Waals surface area contributed by atoms with Crippen LogP contribution in [-0.4, -0.2) is 20.3 Å². The van der Waals surface area contributed by atoms with Gasteiger partial charge in [-0.25, -0.2) is 0 Å². The van der Waals surface area contributed by atoms with Crippen LogP contribution in [0.15, 0.2) is 12.1 Å². The zero-order valence-corrected chi connectivity index (χ0v) is 10.4. The van der Waals surface area contributed by atoms with E-state index in [-0.39, 0.29) is 0 Å². The number of hydrogen-bond donors (Lipinski definition) is 0. The first-order valence-electron chi connectivity index (χ1n) is 5.19. The van der Waals surface area contributed by atoms with E-state index in [4.69, 9.17) is 25.8 Å². The van der Waals surface area contributed by atoms with Gasteiger partial charge in [0, 0.05) is 5.02 Å². The van der Waals surface area contributed by atoms with Crippen molar-refractivity contribution in [3.05, 3.63) is 28.3 Å². The Balaban J connectivity index is 2.50. The van der Waals surface area contributed by atoms with Crippen molar-refractivity contribution in [1.82, 2.24) is 0 Å². The second-order valence-corrected chi connectivity index (χ2v) is 4.35. The molecule has 0 N–H and O–H groups in total. The molecule has 0 aliphatic carbocycles. The van der Waals surface area contributed by atoms with Gasteiger partial charge in [-0.3, -0.25) is 0 Å². The minimum absolute atomic E-state index is 0.588. The largest absolute Gasteiger partial charge is 0.496 e. The smallest absolute Gasteiger partial charge is 0.195 e. The molecular weight excluding hydrogens is 228 g/mol. The zero-order chi connectivity index (χ0) is 11.8. The monoisotopic (exact) mass is 242 g/mol. The maximum absolute atomic E-state index is 6.12. The second-order valence-electron chi connectivity index (χ2n) is 3.94. The summed E-state index contributed by atoms with van der Waals surface area (Å²) < 4.78 is 16.5. The van der Waals surface area contributed by atoms with Crippen molar-refractivity contribution in [1.29, 1.82) is 0 Å². The Morgan fingerprint density at radius 1 is 1.31 bits per heavy atom. The van der Waals surface area contributed by atoms with Crippen molar-refractivity contribution < 1.29 is 14.2 Å². The van der Waals surface area contributed by atoms with Crippen molar-refractivity contribution >= 4 is 11.6 Å². The molecule has 4 heteroatoms. The van der Waals surface area contributed by atoms with E-state index in [0.29, 0.717) is 18.2 Å². The molecule has 1 aliphatic rings. The van der Waals surface area contributed by atoms with Gasteiger partial charge in [0.05, 0.1) is 25.9 Å². The first kappa shape index (κ1) is 11.7. The normalized spacial score (nSPS) is 18.8. The molecule has 0 radical (unpaired) electrons. The zero-order valence-electron chi connectivity index (χ0n) is 9.67. The first-order valence-corrected chi connectivity index (χ1v) is 5.57. The van der Waals surface area contributed by atoms with Crippen molar-refractivity contribution in [3.63, 3.8) is 0 Å². The lowest BCUT2D eigenvalue weighted by atomic mass is 10.0. The van der Waals surface area contributed by atoms with Gasteiger partial charge < -0.3 is 14.2 Å². The summed E-state index contributed by atoms with van der Waals surface area (Å²) in [5.74, 6) is -0.00539. The van der Waals surface area contributed by atoms with Crippen molar-refractivity contribution in [2.24, 2.45) is 0 Å². The summed E-state index contributed by atoms with van der Waals surface area (Å²) in [7, 11) is 1.63. The Hall–Kier alpha value is -0.770. The van der Waals surface area contributed by atoms with E-state index in [1.54, 1.807) is 7.11 Å². The number of aryl methyl sites for hydroxylation is 1. The highest BCUT2D eigenvalue weighted by Crippen LogP contribution is 2.39. The predicted molar refractivity (Wildman–Crippen MR) is 62.0 cm³/mol. The maximum Gasteiger partial charge on any atom is 0.195 e. The lowest BCUT2D eigenvalue weighted by Crippen LogP contribution is -2.23. The molecule has 1 heterocycles. The van der Waals surface area contributed by atoms with Gasteiger partial charge in [0.15, 0.2) is 5.79 Å². The van der Waals surface area contributed by atoms with Gasteiger partial charge in [0.25, 0.3) is 0 Å². The van der Waals surface area contributed by atoms with Crippen LogP contribution in [0.1, 0.15) is 18.1 Å². The Bertz CT molecular complexity index is 397. The van der Waals surface area contributed by atoms with Gasteiger partial charge in [-0.2, -0.15) is 0 Å². The molecule has 0 spiro atoms. The molecule has 0 aromatic heterocycles. The molecule has 0 bridgehead atoms. The van der Waals surface area contributed by atoms with Crippen LogP contribution in [0.5, 0.6) is 5.75 Å². The molecule has 0 unspecified atom stereocenters. The van der Waals surface area contributed by atoms with Gasteiger partial charge in [0.1, 0.15) is 5.75 Å². The standard InChI is InChI=1S/C12H15ClO3/c1-8-6-11(14-3)9(7-10(8)13)12(2)15-4-5-16-12/h6-7H,4-5H2,1-3H3. The van der Waals surface area contributed by atoms with Crippen LogP contribution in [0.4, 0.5) is 0 Å². The SMILES string of the molecule is COc1cc(C)c(Cl)cc1C1(C)OCCO1. The van der Waals surface area contributed by atoms with E-state index < -0.39 is 5.79 Å².